The Labute approximate surface area is 165 Å². The molecular formula is C19H20F3N5O2. The van der Waals surface area contributed by atoms with Gasteiger partial charge in [-0.05, 0) is 17.2 Å². The van der Waals surface area contributed by atoms with E-state index in [0.29, 0.717) is 11.1 Å². The van der Waals surface area contributed by atoms with E-state index in [9.17, 15) is 22.8 Å². The summed E-state index contributed by atoms with van der Waals surface area (Å²) in [6.45, 7) is 1.76. The maximum atomic E-state index is 12.9. The first-order valence-electron chi connectivity index (χ1n) is 8.61. The standard InChI is InChI=1S/C19H20F3N5O2/c1-11(12-3-2-4-14(7-12)19(20,21)22)13-9-26-17(27-10-13)15(8-23)18(29)25-6-5-16(24)28/h2-4,7-11H,5-6,23H2,1H3,(H2,24,28)(H,25,29)/b15-8+. The quantitative estimate of drug-likeness (QED) is 0.605. The Morgan fingerprint density at radius 2 is 1.86 bits per heavy atom. The molecule has 2 aromatic rings. The zero-order valence-electron chi connectivity index (χ0n) is 15.5. The Bertz CT molecular complexity index is 911. The summed E-state index contributed by atoms with van der Waals surface area (Å²) in [7, 11) is 0. The lowest BCUT2D eigenvalue weighted by molar-refractivity contribution is -0.137. The molecule has 0 aliphatic rings. The minimum absolute atomic E-state index is 0.00672. The molecule has 0 aliphatic carbocycles. The molecule has 0 saturated carbocycles. The molecule has 0 bridgehead atoms. The minimum Gasteiger partial charge on any atom is -0.404 e. The van der Waals surface area contributed by atoms with Crippen molar-refractivity contribution in [2.24, 2.45) is 11.5 Å². The van der Waals surface area contributed by atoms with Crippen molar-refractivity contribution in [3.63, 3.8) is 0 Å². The summed E-state index contributed by atoms with van der Waals surface area (Å²) in [5.41, 5.74) is 10.8. The molecule has 154 valence electrons. The van der Waals surface area contributed by atoms with Crippen molar-refractivity contribution < 1.29 is 22.8 Å². The lowest BCUT2D eigenvalue weighted by Gasteiger charge is -2.15. The van der Waals surface area contributed by atoms with Crippen LogP contribution in [0.1, 0.15) is 41.8 Å². The molecule has 1 atom stereocenters. The summed E-state index contributed by atoms with van der Waals surface area (Å²) in [5, 5.41) is 2.47. The molecule has 1 heterocycles. The molecule has 1 aromatic heterocycles. The highest BCUT2D eigenvalue weighted by atomic mass is 19.4. The van der Waals surface area contributed by atoms with E-state index < -0.39 is 29.5 Å². The van der Waals surface area contributed by atoms with E-state index in [2.05, 4.69) is 15.3 Å². The number of carbonyl (C=O) groups excluding carboxylic acids is 2. The number of nitrogens with two attached hydrogens (primary N) is 2. The predicted molar refractivity (Wildman–Crippen MR) is 100.0 cm³/mol. The van der Waals surface area contributed by atoms with Gasteiger partial charge in [-0.15, -0.1) is 0 Å². The monoisotopic (exact) mass is 407 g/mol. The van der Waals surface area contributed by atoms with E-state index in [1.165, 1.54) is 18.5 Å². The van der Waals surface area contributed by atoms with E-state index >= 15 is 0 Å². The van der Waals surface area contributed by atoms with Crippen molar-refractivity contribution in [3.8, 4) is 0 Å². The first-order valence-corrected chi connectivity index (χ1v) is 8.61. The Morgan fingerprint density at radius 1 is 1.21 bits per heavy atom. The van der Waals surface area contributed by atoms with Gasteiger partial charge >= 0.3 is 6.18 Å². The maximum absolute atomic E-state index is 12.9. The molecule has 5 N–H and O–H groups in total. The second-order valence-corrected chi connectivity index (χ2v) is 6.24. The zero-order valence-corrected chi connectivity index (χ0v) is 15.5. The Balaban J connectivity index is 2.16. The fourth-order valence-corrected chi connectivity index (χ4v) is 2.52. The van der Waals surface area contributed by atoms with Crippen LogP contribution in [0.2, 0.25) is 0 Å². The van der Waals surface area contributed by atoms with Crippen molar-refractivity contribution in [3.05, 3.63) is 65.4 Å². The van der Waals surface area contributed by atoms with E-state index in [1.54, 1.807) is 13.0 Å². The fraction of sp³-hybridized carbons (Fsp3) is 0.263. The van der Waals surface area contributed by atoms with Crippen LogP contribution in [0, 0.1) is 0 Å². The van der Waals surface area contributed by atoms with Crippen molar-refractivity contribution in [2.45, 2.75) is 25.4 Å². The highest BCUT2D eigenvalue weighted by Crippen LogP contribution is 2.32. The second kappa shape index (κ2) is 9.18. The summed E-state index contributed by atoms with van der Waals surface area (Å²) in [6.07, 6.45) is -0.581. The highest BCUT2D eigenvalue weighted by molar-refractivity contribution is 6.18. The lowest BCUT2D eigenvalue weighted by atomic mass is 9.94. The van der Waals surface area contributed by atoms with E-state index in [1.807, 2.05) is 0 Å². The zero-order chi connectivity index (χ0) is 21.6. The highest BCUT2D eigenvalue weighted by Gasteiger charge is 2.30. The number of rotatable bonds is 7. The van der Waals surface area contributed by atoms with Crippen molar-refractivity contribution >= 4 is 17.4 Å². The first-order chi connectivity index (χ1) is 13.6. The molecule has 0 radical (unpaired) electrons. The molecule has 7 nitrogen and oxygen atoms in total. The topological polar surface area (TPSA) is 124 Å². The van der Waals surface area contributed by atoms with Crippen LogP contribution >= 0.6 is 0 Å². The molecule has 1 unspecified atom stereocenters. The van der Waals surface area contributed by atoms with Crippen molar-refractivity contribution in [1.29, 1.82) is 0 Å². The Kier molecular flexibility index (Phi) is 6.92. The van der Waals surface area contributed by atoms with Gasteiger partial charge in [0, 0.05) is 37.5 Å². The van der Waals surface area contributed by atoms with Crippen LogP contribution in [0.3, 0.4) is 0 Å². The minimum atomic E-state index is -4.43. The van der Waals surface area contributed by atoms with Gasteiger partial charge in [-0.25, -0.2) is 9.97 Å². The summed E-state index contributed by atoms with van der Waals surface area (Å²) in [4.78, 5) is 31.1. The first kappa shape index (κ1) is 21.9. The normalized spacial score (nSPS) is 13.0. The van der Waals surface area contributed by atoms with Gasteiger partial charge in [-0.3, -0.25) is 9.59 Å². The van der Waals surface area contributed by atoms with Gasteiger partial charge in [0.1, 0.15) is 0 Å². The molecule has 29 heavy (non-hydrogen) atoms. The number of nitrogens with one attached hydrogen (secondary N) is 1. The van der Waals surface area contributed by atoms with Gasteiger partial charge in [-0.2, -0.15) is 13.2 Å². The van der Waals surface area contributed by atoms with Gasteiger partial charge in [0.15, 0.2) is 5.82 Å². The molecule has 2 amide bonds. The molecule has 0 saturated heterocycles. The molecule has 0 aliphatic heterocycles. The number of carbonyl (C=O) groups is 2. The molecule has 0 fully saturated rings. The van der Waals surface area contributed by atoms with Crippen LogP contribution in [-0.4, -0.2) is 28.3 Å². The Morgan fingerprint density at radius 3 is 2.41 bits per heavy atom. The maximum Gasteiger partial charge on any atom is 0.416 e. The summed E-state index contributed by atoms with van der Waals surface area (Å²) in [6, 6.07) is 5.02. The summed E-state index contributed by atoms with van der Waals surface area (Å²) < 4.78 is 38.7. The number of amides is 2. The molecule has 10 heteroatoms. The average Bonchev–Trinajstić information content (AvgIpc) is 2.68. The van der Waals surface area contributed by atoms with Gasteiger partial charge in [0.05, 0.1) is 11.1 Å². The number of hydrogen-bond acceptors (Lipinski definition) is 5. The number of aromatic nitrogens is 2. The van der Waals surface area contributed by atoms with Crippen LogP contribution < -0.4 is 16.8 Å². The van der Waals surface area contributed by atoms with E-state index in [0.717, 1.165) is 18.3 Å². The number of primary amides is 1. The predicted octanol–water partition coefficient (Wildman–Crippen LogP) is 1.94. The Hall–Kier alpha value is -3.43. The molecular weight excluding hydrogens is 387 g/mol. The van der Waals surface area contributed by atoms with Crippen LogP contribution in [0.15, 0.2) is 42.9 Å². The van der Waals surface area contributed by atoms with Gasteiger partial charge in [-0.1, -0.05) is 25.1 Å². The van der Waals surface area contributed by atoms with Gasteiger partial charge < -0.3 is 16.8 Å². The second-order valence-electron chi connectivity index (χ2n) is 6.24. The third kappa shape index (κ3) is 5.77. The molecule has 2 rings (SSSR count). The number of hydrogen-bond donors (Lipinski definition) is 3. The third-order valence-electron chi connectivity index (χ3n) is 4.19. The van der Waals surface area contributed by atoms with Crippen molar-refractivity contribution in [1.82, 2.24) is 15.3 Å². The number of halogens is 3. The summed E-state index contributed by atoms with van der Waals surface area (Å²) >= 11 is 0. The van der Waals surface area contributed by atoms with Crippen LogP contribution in [0.5, 0.6) is 0 Å². The van der Waals surface area contributed by atoms with Crippen molar-refractivity contribution in [2.75, 3.05) is 6.54 Å². The number of benzene rings is 1. The number of alkyl halides is 3. The van der Waals surface area contributed by atoms with Gasteiger partial charge in [0.2, 0.25) is 5.91 Å². The van der Waals surface area contributed by atoms with Crippen LogP contribution in [0.4, 0.5) is 13.2 Å². The lowest BCUT2D eigenvalue weighted by Crippen LogP contribution is -2.29. The van der Waals surface area contributed by atoms with E-state index in [4.69, 9.17) is 11.5 Å². The van der Waals surface area contributed by atoms with Crippen LogP contribution in [-0.2, 0) is 15.8 Å². The molecule has 1 aromatic carbocycles. The molecule has 0 spiro atoms. The SMILES string of the molecule is CC(c1cnc(/C(=C\N)C(=O)NCCC(N)=O)nc1)c1cccc(C(F)(F)F)c1. The third-order valence-corrected chi connectivity index (χ3v) is 4.19. The average molecular weight is 407 g/mol. The fourth-order valence-electron chi connectivity index (χ4n) is 2.52. The smallest absolute Gasteiger partial charge is 0.404 e. The summed E-state index contributed by atoms with van der Waals surface area (Å²) in [5.74, 6) is -1.50. The van der Waals surface area contributed by atoms with E-state index in [-0.39, 0.29) is 24.4 Å². The van der Waals surface area contributed by atoms with Crippen LogP contribution in [0.25, 0.3) is 5.57 Å². The largest absolute Gasteiger partial charge is 0.416 e. The van der Waals surface area contributed by atoms with Gasteiger partial charge in [0.25, 0.3) is 5.91 Å². The number of nitrogens with zero attached hydrogens (tertiary/aromatic N) is 2.